The molecule has 0 heterocycles. The van der Waals surface area contributed by atoms with Gasteiger partial charge < -0.3 is 31.9 Å². The average Bonchev–Trinajstić information content (AvgIpc) is 2.75. The van der Waals surface area contributed by atoms with Crippen molar-refractivity contribution in [1.82, 2.24) is 16.0 Å². The molecule has 11 nitrogen and oxygen atoms in total. The zero-order chi connectivity index (χ0) is 24.8. The third kappa shape index (κ3) is 11.0. The highest BCUT2D eigenvalue weighted by Crippen LogP contribution is 2.10. The highest BCUT2D eigenvalue weighted by molar-refractivity contribution is 7.98. The monoisotopic (exact) mass is 494 g/mol. The first-order valence-electron chi connectivity index (χ1n) is 10.2. The van der Waals surface area contributed by atoms with Crippen LogP contribution in [0.1, 0.15) is 39.5 Å². The van der Waals surface area contributed by atoms with Crippen molar-refractivity contribution >= 4 is 54.1 Å². The lowest BCUT2D eigenvalue weighted by Crippen LogP contribution is -2.59. The summed E-state index contributed by atoms with van der Waals surface area (Å²) in [7, 11) is 0. The second-order valence-electron chi connectivity index (χ2n) is 7.34. The molecule has 0 aliphatic rings. The molecule has 5 unspecified atom stereocenters. The summed E-state index contributed by atoms with van der Waals surface area (Å²) in [6.07, 6.45) is 2.05. The van der Waals surface area contributed by atoms with Gasteiger partial charge in [0.25, 0.3) is 0 Å². The average molecular weight is 495 g/mol. The normalized spacial score (nSPS) is 15.5. The second kappa shape index (κ2) is 15.8. The van der Waals surface area contributed by atoms with Crippen LogP contribution in [0.3, 0.4) is 0 Å². The van der Waals surface area contributed by atoms with Gasteiger partial charge in [0.15, 0.2) is 0 Å². The summed E-state index contributed by atoms with van der Waals surface area (Å²) in [4.78, 5) is 59.8. The molecule has 0 aromatic heterocycles. The molecule has 0 spiro atoms. The molecule has 0 aliphatic carbocycles. The number of thioether (sulfide) groups is 1. The van der Waals surface area contributed by atoms with Crippen LogP contribution in [-0.2, 0) is 24.0 Å². The Labute approximate surface area is 197 Å². The van der Waals surface area contributed by atoms with E-state index in [4.69, 9.17) is 10.8 Å². The third-order valence-electron chi connectivity index (χ3n) is 4.84. The summed E-state index contributed by atoms with van der Waals surface area (Å²) >= 11 is 5.63. The van der Waals surface area contributed by atoms with Crippen molar-refractivity contribution in [2.75, 3.05) is 17.8 Å². The van der Waals surface area contributed by atoms with Crippen LogP contribution in [0.2, 0.25) is 0 Å². The van der Waals surface area contributed by atoms with Crippen molar-refractivity contribution in [1.29, 1.82) is 0 Å². The number of hydrogen-bond acceptors (Lipinski definition) is 8. The molecule has 7 N–H and O–H groups in total. The molecule has 0 saturated heterocycles. The van der Waals surface area contributed by atoms with Crippen molar-refractivity contribution in [3.63, 3.8) is 0 Å². The van der Waals surface area contributed by atoms with Crippen LogP contribution in [0.4, 0.5) is 0 Å². The van der Waals surface area contributed by atoms with Gasteiger partial charge in [-0.15, -0.1) is 0 Å². The van der Waals surface area contributed by atoms with Gasteiger partial charge in [-0.05, 0) is 30.8 Å². The number of nitrogens with one attached hydrogen (secondary N) is 3. The van der Waals surface area contributed by atoms with Gasteiger partial charge in [0.1, 0.15) is 18.1 Å². The number of hydrogen-bond donors (Lipinski definition) is 7. The number of carboxylic acid groups (broad SMARTS) is 2. The summed E-state index contributed by atoms with van der Waals surface area (Å²) < 4.78 is 0. The Kier molecular flexibility index (Phi) is 14.8. The van der Waals surface area contributed by atoms with Gasteiger partial charge in [-0.3, -0.25) is 19.2 Å². The first-order valence-corrected chi connectivity index (χ1v) is 12.2. The van der Waals surface area contributed by atoms with Crippen LogP contribution < -0.4 is 21.7 Å². The minimum absolute atomic E-state index is 0.0436. The molecule has 0 radical (unpaired) electrons. The minimum Gasteiger partial charge on any atom is -0.481 e. The van der Waals surface area contributed by atoms with Gasteiger partial charge in [-0.25, -0.2) is 4.79 Å². The molecule has 32 heavy (non-hydrogen) atoms. The van der Waals surface area contributed by atoms with E-state index in [2.05, 4.69) is 28.6 Å². The van der Waals surface area contributed by atoms with E-state index in [0.29, 0.717) is 18.6 Å². The van der Waals surface area contributed by atoms with Gasteiger partial charge in [0.05, 0.1) is 6.04 Å². The number of amides is 3. The standard InChI is InChI=1S/C19H34N4O7S2/c1-4-10(2)15(18(28)21-12(19(29)30)5-6-14(24)25)23-17(27)13(9-31)22-16(26)11(20)7-8-32-3/h10-13,15,31H,4-9,20H2,1-3H3,(H,21,28)(H,22,26)(H,23,27)(H,24,25)(H,29,30). The Morgan fingerprint density at radius 3 is 2.03 bits per heavy atom. The van der Waals surface area contributed by atoms with Crippen LogP contribution in [0.5, 0.6) is 0 Å². The summed E-state index contributed by atoms with van der Waals surface area (Å²) in [5.74, 6) is -4.25. The fourth-order valence-electron chi connectivity index (χ4n) is 2.59. The Balaban J connectivity index is 5.27. The van der Waals surface area contributed by atoms with E-state index < -0.39 is 60.2 Å². The number of aliphatic carboxylic acids is 2. The highest BCUT2D eigenvalue weighted by atomic mass is 32.2. The number of rotatable bonds is 16. The van der Waals surface area contributed by atoms with E-state index in [1.165, 1.54) is 11.8 Å². The Morgan fingerprint density at radius 2 is 1.56 bits per heavy atom. The zero-order valence-corrected chi connectivity index (χ0v) is 20.2. The molecular weight excluding hydrogens is 460 g/mol. The number of carbonyl (C=O) groups is 5. The van der Waals surface area contributed by atoms with E-state index in [-0.39, 0.29) is 18.1 Å². The SMILES string of the molecule is CCC(C)C(NC(=O)C(CS)NC(=O)C(N)CCSC)C(=O)NC(CCC(=O)O)C(=O)O. The van der Waals surface area contributed by atoms with E-state index >= 15 is 0 Å². The van der Waals surface area contributed by atoms with Crippen LogP contribution >= 0.6 is 24.4 Å². The summed E-state index contributed by atoms with van der Waals surface area (Å²) in [5.41, 5.74) is 5.82. The fraction of sp³-hybridized carbons (Fsp3) is 0.737. The number of nitrogens with two attached hydrogens (primary N) is 1. The van der Waals surface area contributed by atoms with Crippen molar-refractivity contribution in [3.05, 3.63) is 0 Å². The molecule has 0 fully saturated rings. The van der Waals surface area contributed by atoms with Crippen LogP contribution in [0.25, 0.3) is 0 Å². The quantitative estimate of drug-likeness (QED) is 0.138. The summed E-state index contributed by atoms with van der Waals surface area (Å²) in [5, 5.41) is 25.4. The predicted octanol–water partition coefficient (Wildman–Crippen LogP) is -0.553. The third-order valence-corrected chi connectivity index (χ3v) is 5.85. The van der Waals surface area contributed by atoms with Crippen molar-refractivity contribution < 1.29 is 34.2 Å². The Morgan fingerprint density at radius 1 is 0.969 bits per heavy atom. The topological polar surface area (TPSA) is 188 Å². The molecule has 0 bridgehead atoms. The molecule has 0 aliphatic heterocycles. The first kappa shape index (κ1) is 30.0. The largest absolute Gasteiger partial charge is 0.481 e. The smallest absolute Gasteiger partial charge is 0.326 e. The number of carboxylic acids is 2. The fourth-order valence-corrected chi connectivity index (χ4v) is 3.34. The molecule has 5 atom stereocenters. The zero-order valence-electron chi connectivity index (χ0n) is 18.5. The van der Waals surface area contributed by atoms with Crippen LogP contribution in [0, 0.1) is 5.92 Å². The van der Waals surface area contributed by atoms with Crippen molar-refractivity contribution in [2.45, 2.75) is 63.7 Å². The molecule has 3 amide bonds. The predicted molar refractivity (Wildman–Crippen MR) is 125 cm³/mol. The van der Waals surface area contributed by atoms with Gasteiger partial charge >= 0.3 is 11.9 Å². The lowest BCUT2D eigenvalue weighted by Gasteiger charge is -2.27. The maximum Gasteiger partial charge on any atom is 0.326 e. The summed E-state index contributed by atoms with van der Waals surface area (Å²) in [6.45, 7) is 3.49. The molecule has 184 valence electrons. The Bertz CT molecular complexity index is 666. The number of thiol groups is 1. The lowest BCUT2D eigenvalue weighted by atomic mass is 9.97. The highest BCUT2D eigenvalue weighted by Gasteiger charge is 2.32. The second-order valence-corrected chi connectivity index (χ2v) is 8.69. The molecule has 0 aromatic rings. The molecule has 0 saturated carbocycles. The molecular formula is C19H34N4O7S2. The summed E-state index contributed by atoms with van der Waals surface area (Å²) in [6, 6.07) is -4.36. The van der Waals surface area contributed by atoms with Gasteiger partial charge in [0.2, 0.25) is 17.7 Å². The van der Waals surface area contributed by atoms with E-state index in [0.717, 1.165) is 0 Å². The van der Waals surface area contributed by atoms with Gasteiger partial charge in [0, 0.05) is 12.2 Å². The van der Waals surface area contributed by atoms with Gasteiger partial charge in [-0.1, -0.05) is 20.3 Å². The van der Waals surface area contributed by atoms with Crippen LogP contribution in [-0.4, -0.2) is 81.8 Å². The molecule has 13 heteroatoms. The van der Waals surface area contributed by atoms with Crippen molar-refractivity contribution in [3.8, 4) is 0 Å². The maximum absolute atomic E-state index is 12.7. The molecule has 0 rings (SSSR count). The van der Waals surface area contributed by atoms with E-state index in [1.54, 1.807) is 13.8 Å². The molecule has 0 aromatic carbocycles. The van der Waals surface area contributed by atoms with Crippen molar-refractivity contribution in [2.24, 2.45) is 11.7 Å². The minimum atomic E-state index is -1.42. The van der Waals surface area contributed by atoms with E-state index in [1.807, 2.05) is 6.26 Å². The lowest BCUT2D eigenvalue weighted by molar-refractivity contribution is -0.143. The number of carbonyl (C=O) groups excluding carboxylic acids is 3. The maximum atomic E-state index is 12.7. The van der Waals surface area contributed by atoms with Crippen LogP contribution in [0.15, 0.2) is 0 Å². The van der Waals surface area contributed by atoms with Gasteiger partial charge in [-0.2, -0.15) is 24.4 Å². The first-order chi connectivity index (χ1) is 15.0. The van der Waals surface area contributed by atoms with E-state index in [9.17, 15) is 29.1 Å². The Hall–Kier alpha value is -1.99.